The van der Waals surface area contributed by atoms with Gasteiger partial charge in [-0.25, -0.2) is 9.78 Å². The number of hydrogen-bond donors (Lipinski definition) is 3. The number of nitrogens with one attached hydrogen (secondary N) is 3. The molecule has 160 valence electrons. The van der Waals surface area contributed by atoms with Crippen molar-refractivity contribution in [2.75, 3.05) is 19.6 Å². The van der Waals surface area contributed by atoms with Crippen molar-refractivity contribution in [2.24, 2.45) is 18.9 Å². The Morgan fingerprint density at radius 1 is 1.24 bits per heavy atom. The van der Waals surface area contributed by atoms with Crippen molar-refractivity contribution in [3.63, 3.8) is 0 Å². The van der Waals surface area contributed by atoms with E-state index >= 15 is 0 Å². The van der Waals surface area contributed by atoms with Crippen molar-refractivity contribution in [2.45, 2.75) is 52.5 Å². The molecular weight excluding hydrogens is 372 g/mol. The molecule has 3 heterocycles. The number of nitrogens with zero attached hydrogens (tertiary/aromatic N) is 3. The number of aryl methyl sites for hydroxylation is 2. The van der Waals surface area contributed by atoms with Crippen LogP contribution in [0, 0.1) is 11.8 Å². The average molecular weight is 405 g/mol. The smallest absolute Gasteiger partial charge is 0.329 e. The molecule has 1 saturated heterocycles. The number of aromatic amines is 2. The van der Waals surface area contributed by atoms with E-state index in [9.17, 15) is 14.4 Å². The molecule has 3 rings (SSSR count). The molecule has 0 saturated carbocycles. The van der Waals surface area contributed by atoms with Gasteiger partial charge < -0.3 is 10.3 Å². The number of fused-ring (bicyclic) bond motifs is 1. The Morgan fingerprint density at radius 3 is 2.59 bits per heavy atom. The van der Waals surface area contributed by atoms with Crippen molar-refractivity contribution < 1.29 is 4.79 Å². The highest BCUT2D eigenvalue weighted by molar-refractivity contribution is 5.76. The van der Waals surface area contributed by atoms with Gasteiger partial charge in [0.25, 0.3) is 5.56 Å². The van der Waals surface area contributed by atoms with Crippen LogP contribution < -0.4 is 16.6 Å². The van der Waals surface area contributed by atoms with Crippen molar-refractivity contribution in [3.8, 4) is 0 Å². The first-order valence-electron chi connectivity index (χ1n) is 10.4. The van der Waals surface area contributed by atoms with Gasteiger partial charge in [-0.1, -0.05) is 20.8 Å². The summed E-state index contributed by atoms with van der Waals surface area (Å²) in [4.78, 5) is 47.9. The maximum atomic E-state index is 12.4. The first-order valence-corrected chi connectivity index (χ1v) is 10.4. The fourth-order valence-corrected chi connectivity index (χ4v) is 3.96. The third-order valence-corrected chi connectivity index (χ3v) is 5.96. The first kappa shape index (κ1) is 21.3. The molecule has 0 aromatic carbocycles. The highest BCUT2D eigenvalue weighted by Crippen LogP contribution is 2.21. The number of amides is 1. The van der Waals surface area contributed by atoms with Crippen molar-refractivity contribution in [1.29, 1.82) is 0 Å². The molecular formula is C20H32N6O3. The van der Waals surface area contributed by atoms with E-state index in [1.165, 1.54) is 17.4 Å². The van der Waals surface area contributed by atoms with Crippen molar-refractivity contribution >= 4 is 17.1 Å². The lowest BCUT2D eigenvalue weighted by molar-refractivity contribution is -0.121. The zero-order valence-electron chi connectivity index (χ0n) is 17.7. The summed E-state index contributed by atoms with van der Waals surface area (Å²) < 4.78 is 1.28. The maximum Gasteiger partial charge on any atom is 0.329 e. The number of imidazole rings is 1. The van der Waals surface area contributed by atoms with E-state index in [-0.39, 0.29) is 17.8 Å². The largest absolute Gasteiger partial charge is 0.355 e. The standard InChI is InChI=1S/C20H32N6O3/c1-12(2)14(26-9-7-13(3)8-10-26)11-21-16(27)6-5-15-22-17-18(23-15)25(4)20(29)24-19(17)28/h12-14H,5-11H2,1-4H3,(H,21,27)(H,22,23)(H,24,28,29). The summed E-state index contributed by atoms with van der Waals surface area (Å²) in [6, 6.07) is 0.339. The molecule has 0 bridgehead atoms. The van der Waals surface area contributed by atoms with Crippen LogP contribution >= 0.6 is 0 Å². The molecule has 29 heavy (non-hydrogen) atoms. The second-order valence-electron chi connectivity index (χ2n) is 8.53. The minimum atomic E-state index is -0.509. The summed E-state index contributed by atoms with van der Waals surface area (Å²) in [5, 5.41) is 3.06. The number of carbonyl (C=O) groups is 1. The van der Waals surface area contributed by atoms with Gasteiger partial charge in [0, 0.05) is 32.5 Å². The molecule has 2 aromatic rings. The lowest BCUT2D eigenvalue weighted by atomic mass is 9.94. The second kappa shape index (κ2) is 8.94. The van der Waals surface area contributed by atoms with Gasteiger partial charge in [-0.2, -0.15) is 0 Å². The highest BCUT2D eigenvalue weighted by Gasteiger charge is 2.26. The Morgan fingerprint density at radius 2 is 1.93 bits per heavy atom. The number of H-pyrrole nitrogens is 2. The molecule has 9 heteroatoms. The number of aromatic nitrogens is 4. The highest BCUT2D eigenvalue weighted by atomic mass is 16.2. The molecule has 1 amide bonds. The summed E-state index contributed by atoms with van der Waals surface area (Å²) >= 11 is 0. The van der Waals surface area contributed by atoms with E-state index in [0.717, 1.165) is 19.0 Å². The van der Waals surface area contributed by atoms with E-state index < -0.39 is 11.2 Å². The van der Waals surface area contributed by atoms with E-state index in [2.05, 4.69) is 45.9 Å². The third kappa shape index (κ3) is 4.95. The molecule has 9 nitrogen and oxygen atoms in total. The average Bonchev–Trinajstić information content (AvgIpc) is 3.11. The first-order chi connectivity index (χ1) is 13.8. The van der Waals surface area contributed by atoms with Gasteiger partial charge in [0.2, 0.25) is 5.91 Å². The second-order valence-corrected chi connectivity index (χ2v) is 8.53. The quantitative estimate of drug-likeness (QED) is 0.630. The molecule has 3 N–H and O–H groups in total. The number of rotatable bonds is 7. The van der Waals surface area contributed by atoms with Crippen LogP contribution in [-0.2, 0) is 18.3 Å². The number of piperidine rings is 1. The van der Waals surface area contributed by atoms with Crippen molar-refractivity contribution in [1.82, 2.24) is 29.7 Å². The van der Waals surface area contributed by atoms with Gasteiger partial charge in [-0.3, -0.25) is 24.0 Å². The molecule has 2 aromatic heterocycles. The fourth-order valence-electron chi connectivity index (χ4n) is 3.96. The Balaban J connectivity index is 1.56. The van der Waals surface area contributed by atoms with Crippen LogP contribution in [0.4, 0.5) is 0 Å². The van der Waals surface area contributed by atoms with E-state index in [1.54, 1.807) is 7.05 Å². The summed E-state index contributed by atoms with van der Waals surface area (Å²) in [5.41, 5.74) is -0.456. The predicted molar refractivity (Wildman–Crippen MR) is 112 cm³/mol. The molecule has 1 aliphatic heterocycles. The van der Waals surface area contributed by atoms with Crippen LogP contribution in [-0.4, -0.2) is 56.0 Å². The predicted octanol–water partition coefficient (Wildman–Crippen LogP) is 0.755. The minimum absolute atomic E-state index is 0.0377. The van der Waals surface area contributed by atoms with Gasteiger partial charge in [0.15, 0.2) is 5.65 Å². The van der Waals surface area contributed by atoms with Crippen LogP contribution in [0.15, 0.2) is 9.59 Å². The maximum absolute atomic E-state index is 12.4. The van der Waals surface area contributed by atoms with Gasteiger partial charge in [-0.15, -0.1) is 0 Å². The van der Waals surface area contributed by atoms with Crippen LogP contribution in [0.3, 0.4) is 0 Å². The SMILES string of the molecule is CC1CCN(C(CNC(=O)CCc2nc3c([nH]2)c(=O)[nH]c(=O)n3C)C(C)C)CC1. The normalized spacial score (nSPS) is 17.1. The number of likely N-dealkylation sites (tertiary alicyclic amines) is 1. The molecule has 0 spiro atoms. The van der Waals surface area contributed by atoms with Crippen LogP contribution in [0.1, 0.15) is 45.9 Å². The van der Waals surface area contributed by atoms with Crippen molar-refractivity contribution in [3.05, 3.63) is 26.7 Å². The topological polar surface area (TPSA) is 116 Å². The van der Waals surface area contributed by atoms with Crippen LogP contribution in [0.5, 0.6) is 0 Å². The Bertz CT molecular complexity index is 965. The molecule has 1 aliphatic rings. The van der Waals surface area contributed by atoms with E-state index in [1.807, 2.05) is 0 Å². The lowest BCUT2D eigenvalue weighted by Crippen LogP contribution is -2.49. The summed E-state index contributed by atoms with van der Waals surface area (Å²) in [5.74, 6) is 1.73. The summed E-state index contributed by atoms with van der Waals surface area (Å²) in [7, 11) is 1.55. The summed E-state index contributed by atoms with van der Waals surface area (Å²) in [6.45, 7) is 9.51. The number of hydrogen-bond acceptors (Lipinski definition) is 5. The van der Waals surface area contributed by atoms with Crippen LogP contribution in [0.25, 0.3) is 11.2 Å². The molecule has 0 aliphatic carbocycles. The van der Waals surface area contributed by atoms with E-state index in [0.29, 0.717) is 36.4 Å². The van der Waals surface area contributed by atoms with Gasteiger partial charge in [0.1, 0.15) is 11.3 Å². The van der Waals surface area contributed by atoms with Crippen LogP contribution in [0.2, 0.25) is 0 Å². The summed E-state index contributed by atoms with van der Waals surface area (Å²) in [6.07, 6.45) is 3.07. The zero-order chi connectivity index (χ0) is 21.1. The molecule has 1 atom stereocenters. The third-order valence-electron chi connectivity index (χ3n) is 5.96. The molecule has 1 unspecified atom stereocenters. The minimum Gasteiger partial charge on any atom is -0.355 e. The molecule has 1 fully saturated rings. The van der Waals surface area contributed by atoms with E-state index in [4.69, 9.17) is 0 Å². The molecule has 0 radical (unpaired) electrons. The van der Waals surface area contributed by atoms with Gasteiger partial charge in [-0.05, 0) is 37.8 Å². The van der Waals surface area contributed by atoms with Gasteiger partial charge >= 0.3 is 5.69 Å². The lowest BCUT2D eigenvalue weighted by Gasteiger charge is -2.38. The number of carbonyl (C=O) groups excluding carboxylic acids is 1. The zero-order valence-corrected chi connectivity index (χ0v) is 17.7. The van der Waals surface area contributed by atoms with Gasteiger partial charge in [0.05, 0.1) is 0 Å². The fraction of sp³-hybridized carbons (Fsp3) is 0.700. The Kier molecular flexibility index (Phi) is 6.56. The monoisotopic (exact) mass is 404 g/mol. The Hall–Kier alpha value is -2.42. The Labute approximate surface area is 169 Å².